The third kappa shape index (κ3) is 5.02. The highest BCUT2D eigenvalue weighted by molar-refractivity contribution is 6.18. The van der Waals surface area contributed by atoms with Crippen LogP contribution in [0.4, 0.5) is 17.1 Å². The van der Waals surface area contributed by atoms with Crippen LogP contribution in [0, 0.1) is 0 Å². The van der Waals surface area contributed by atoms with Crippen LogP contribution in [0.3, 0.4) is 0 Å². The molecule has 0 N–H and O–H groups in total. The number of nitrogens with zero attached hydrogens (tertiary/aromatic N) is 1. The van der Waals surface area contributed by atoms with Crippen LogP contribution >= 0.6 is 0 Å². The van der Waals surface area contributed by atoms with E-state index in [-0.39, 0.29) is 5.41 Å². The molecule has 64 heavy (non-hydrogen) atoms. The van der Waals surface area contributed by atoms with Crippen molar-refractivity contribution in [3.63, 3.8) is 0 Å². The SMILES string of the molecule is CC1(C)c2ccccc2-c2c(-c3ccc(N(c4cccc5c4-c4ccccc4C5(c4ccccc4)c4ccccc4)c4cccc5c4oc4c6ccccc6ccc54)cc3)cccc21. The summed E-state index contributed by atoms with van der Waals surface area (Å²) >= 11 is 0. The molecule has 0 bridgehead atoms. The molecular weight excluding hydrogens is 775 g/mol. The van der Waals surface area contributed by atoms with Crippen LogP contribution in [0.25, 0.3) is 66.1 Å². The van der Waals surface area contributed by atoms with E-state index < -0.39 is 5.41 Å². The predicted octanol–water partition coefficient (Wildman–Crippen LogP) is 16.5. The van der Waals surface area contributed by atoms with Gasteiger partial charge in [-0.2, -0.15) is 0 Å². The van der Waals surface area contributed by atoms with Gasteiger partial charge in [0.1, 0.15) is 5.58 Å². The maximum Gasteiger partial charge on any atom is 0.159 e. The zero-order valence-corrected chi connectivity index (χ0v) is 35.7. The Morgan fingerprint density at radius 2 is 0.906 bits per heavy atom. The second-order valence-electron chi connectivity index (χ2n) is 17.9. The lowest BCUT2D eigenvalue weighted by Crippen LogP contribution is -2.28. The molecule has 0 saturated heterocycles. The van der Waals surface area contributed by atoms with Gasteiger partial charge in [-0.25, -0.2) is 0 Å². The summed E-state index contributed by atoms with van der Waals surface area (Å²) in [6, 6.07) is 82.6. The first-order chi connectivity index (χ1) is 31.5. The van der Waals surface area contributed by atoms with E-state index in [0.29, 0.717) is 0 Å². The Labute approximate surface area is 373 Å². The highest BCUT2D eigenvalue weighted by atomic mass is 16.3. The van der Waals surface area contributed by atoms with Gasteiger partial charge in [0.2, 0.25) is 0 Å². The number of benzene rings is 10. The van der Waals surface area contributed by atoms with E-state index in [1.807, 2.05) is 0 Å². The second-order valence-corrected chi connectivity index (χ2v) is 17.9. The normalized spacial score (nSPS) is 14.0. The summed E-state index contributed by atoms with van der Waals surface area (Å²) in [5, 5.41) is 4.49. The molecule has 0 spiro atoms. The number of rotatable bonds is 6. The number of furan rings is 1. The van der Waals surface area contributed by atoms with Crippen molar-refractivity contribution in [2.24, 2.45) is 0 Å². The van der Waals surface area contributed by atoms with Gasteiger partial charge in [-0.3, -0.25) is 0 Å². The summed E-state index contributed by atoms with van der Waals surface area (Å²) < 4.78 is 7.14. The minimum Gasteiger partial charge on any atom is -0.453 e. The van der Waals surface area contributed by atoms with Crippen molar-refractivity contribution in [3.05, 3.63) is 258 Å². The quantitative estimate of drug-likeness (QED) is 0.166. The molecule has 1 heterocycles. The summed E-state index contributed by atoms with van der Waals surface area (Å²) in [5.41, 5.74) is 19.6. The first kappa shape index (κ1) is 36.7. The maximum absolute atomic E-state index is 7.14. The van der Waals surface area contributed by atoms with Gasteiger partial charge >= 0.3 is 0 Å². The molecule has 2 aliphatic carbocycles. The zero-order chi connectivity index (χ0) is 42.6. The molecule has 0 radical (unpaired) electrons. The van der Waals surface area contributed by atoms with Crippen LogP contribution in [0.15, 0.2) is 229 Å². The van der Waals surface area contributed by atoms with Gasteiger partial charge < -0.3 is 9.32 Å². The smallest absolute Gasteiger partial charge is 0.159 e. The Balaban J connectivity index is 1.08. The molecule has 2 heteroatoms. The first-order valence-electron chi connectivity index (χ1n) is 22.3. The van der Waals surface area contributed by atoms with Crippen molar-refractivity contribution in [3.8, 4) is 33.4 Å². The first-order valence-corrected chi connectivity index (χ1v) is 22.3. The van der Waals surface area contributed by atoms with Crippen molar-refractivity contribution < 1.29 is 4.42 Å². The lowest BCUT2D eigenvalue weighted by molar-refractivity contribution is 0.660. The number of hydrogen-bond acceptors (Lipinski definition) is 2. The van der Waals surface area contributed by atoms with Crippen LogP contribution in [0.1, 0.15) is 47.2 Å². The fraction of sp³-hybridized carbons (Fsp3) is 0.0645. The minimum atomic E-state index is -0.540. The van der Waals surface area contributed by atoms with Gasteiger partial charge in [-0.15, -0.1) is 0 Å². The highest BCUT2D eigenvalue weighted by Crippen LogP contribution is 2.60. The number of para-hydroxylation sites is 1. The molecule has 0 saturated carbocycles. The summed E-state index contributed by atoms with van der Waals surface area (Å²) in [6.07, 6.45) is 0. The molecule has 2 aliphatic rings. The molecule has 10 aromatic carbocycles. The highest BCUT2D eigenvalue weighted by Gasteiger charge is 2.47. The fourth-order valence-electron chi connectivity index (χ4n) is 11.5. The molecule has 11 aromatic rings. The van der Waals surface area contributed by atoms with Gasteiger partial charge in [0.05, 0.1) is 16.8 Å². The lowest BCUT2D eigenvalue weighted by atomic mass is 9.68. The molecule has 13 rings (SSSR count). The fourth-order valence-corrected chi connectivity index (χ4v) is 11.5. The average Bonchev–Trinajstić information content (AvgIpc) is 3.97. The number of hydrogen-bond donors (Lipinski definition) is 0. The third-order valence-electron chi connectivity index (χ3n) is 14.4. The Bertz CT molecular complexity index is 3590. The predicted molar refractivity (Wildman–Crippen MR) is 266 cm³/mol. The van der Waals surface area contributed by atoms with E-state index in [1.165, 1.54) is 66.8 Å². The van der Waals surface area contributed by atoms with Crippen LogP contribution < -0.4 is 4.90 Å². The van der Waals surface area contributed by atoms with Gasteiger partial charge in [0, 0.05) is 32.8 Å². The average molecular weight is 818 g/mol. The lowest BCUT2D eigenvalue weighted by Gasteiger charge is -2.34. The standard InChI is InChI=1S/C62H43NO/c1-61(2)51-28-13-11-24-49(51)57-45(26-15-30-53(57)61)41-34-37-44(38-35-41)63(56-33-16-27-47-48-39-36-40-18-9-10-23-46(40)59(48)64-60(47)56)55-32-17-31-54-58(55)50-25-12-14-29-52(50)62(54,42-19-5-3-6-20-42)43-21-7-4-8-22-43/h3-39H,1-2H3. The largest absolute Gasteiger partial charge is 0.453 e. The van der Waals surface area contributed by atoms with E-state index in [2.05, 4.69) is 243 Å². The van der Waals surface area contributed by atoms with Crippen molar-refractivity contribution in [1.82, 2.24) is 0 Å². The van der Waals surface area contributed by atoms with Gasteiger partial charge in [0.25, 0.3) is 0 Å². The molecule has 2 nitrogen and oxygen atoms in total. The Morgan fingerprint density at radius 1 is 0.359 bits per heavy atom. The van der Waals surface area contributed by atoms with E-state index >= 15 is 0 Å². The zero-order valence-electron chi connectivity index (χ0n) is 35.7. The summed E-state index contributed by atoms with van der Waals surface area (Å²) in [6.45, 7) is 4.70. The van der Waals surface area contributed by atoms with Gasteiger partial charge in [0.15, 0.2) is 5.58 Å². The van der Waals surface area contributed by atoms with E-state index in [0.717, 1.165) is 49.8 Å². The number of anilines is 3. The van der Waals surface area contributed by atoms with Crippen molar-refractivity contribution >= 4 is 49.8 Å². The molecule has 1 aromatic heterocycles. The molecule has 0 fully saturated rings. The summed E-state index contributed by atoms with van der Waals surface area (Å²) in [5.74, 6) is 0. The summed E-state index contributed by atoms with van der Waals surface area (Å²) in [4.78, 5) is 2.45. The van der Waals surface area contributed by atoms with Crippen LogP contribution in [0.5, 0.6) is 0 Å². The Morgan fingerprint density at radius 3 is 1.67 bits per heavy atom. The molecule has 0 amide bonds. The van der Waals surface area contributed by atoms with E-state index in [4.69, 9.17) is 4.42 Å². The molecule has 0 aliphatic heterocycles. The molecular formula is C62H43NO. The van der Waals surface area contributed by atoms with E-state index in [1.54, 1.807) is 0 Å². The van der Waals surface area contributed by atoms with Crippen LogP contribution in [-0.2, 0) is 10.8 Å². The monoisotopic (exact) mass is 817 g/mol. The maximum atomic E-state index is 7.14. The van der Waals surface area contributed by atoms with Crippen molar-refractivity contribution in [2.45, 2.75) is 24.7 Å². The number of fused-ring (bicyclic) bond motifs is 11. The topological polar surface area (TPSA) is 16.4 Å². The second kappa shape index (κ2) is 13.8. The molecule has 0 atom stereocenters. The molecule has 0 unspecified atom stereocenters. The summed E-state index contributed by atoms with van der Waals surface area (Å²) in [7, 11) is 0. The van der Waals surface area contributed by atoms with E-state index in [9.17, 15) is 0 Å². The van der Waals surface area contributed by atoms with Crippen molar-refractivity contribution in [1.29, 1.82) is 0 Å². The van der Waals surface area contributed by atoms with Gasteiger partial charge in [-0.05, 0) is 96.9 Å². The minimum absolute atomic E-state index is 0.0754. The van der Waals surface area contributed by atoms with Gasteiger partial charge in [-0.1, -0.05) is 208 Å². The Hall–Kier alpha value is -7.94. The van der Waals surface area contributed by atoms with Crippen molar-refractivity contribution in [2.75, 3.05) is 4.90 Å². The Kier molecular flexibility index (Phi) is 7.90. The van der Waals surface area contributed by atoms with Crippen LogP contribution in [0.2, 0.25) is 0 Å². The van der Waals surface area contributed by atoms with Crippen LogP contribution in [-0.4, -0.2) is 0 Å². The third-order valence-corrected chi connectivity index (χ3v) is 14.4. The molecule has 302 valence electrons.